The van der Waals surface area contributed by atoms with Crippen molar-refractivity contribution in [3.63, 3.8) is 0 Å². The van der Waals surface area contributed by atoms with E-state index in [1.165, 1.54) is 14.0 Å². The summed E-state index contributed by atoms with van der Waals surface area (Å²) in [6.45, 7) is 3.00. The smallest absolute Gasteiger partial charge is 0.258 e. The summed E-state index contributed by atoms with van der Waals surface area (Å²) in [5.74, 6) is 0.134. The highest BCUT2D eigenvalue weighted by Gasteiger charge is 2.14. The van der Waals surface area contributed by atoms with Gasteiger partial charge >= 0.3 is 0 Å². The van der Waals surface area contributed by atoms with Crippen molar-refractivity contribution >= 4 is 11.7 Å². The molecular weight excluding hydrogens is 222 g/mol. The maximum atomic E-state index is 11.2. The second kappa shape index (κ2) is 5.34. The van der Waals surface area contributed by atoms with Crippen LogP contribution in [0.25, 0.3) is 0 Å². The zero-order valence-corrected chi connectivity index (χ0v) is 10.0. The van der Waals surface area contributed by atoms with Crippen molar-refractivity contribution < 1.29 is 19.1 Å². The number of primary amides is 1. The summed E-state index contributed by atoms with van der Waals surface area (Å²) < 4.78 is 10.4. The number of nitrogens with two attached hydrogens (primary N) is 1. The largest absolute Gasteiger partial charge is 0.493 e. The third-order valence-electron chi connectivity index (χ3n) is 2.27. The Labute approximate surface area is 99.5 Å². The summed E-state index contributed by atoms with van der Waals surface area (Å²) in [6, 6.07) is 4.74. The van der Waals surface area contributed by atoms with Gasteiger partial charge in [-0.1, -0.05) is 0 Å². The van der Waals surface area contributed by atoms with E-state index < -0.39 is 12.0 Å². The number of rotatable bonds is 5. The van der Waals surface area contributed by atoms with Crippen molar-refractivity contribution in [3.8, 4) is 11.5 Å². The summed E-state index contributed by atoms with van der Waals surface area (Å²) in [7, 11) is 1.46. The van der Waals surface area contributed by atoms with E-state index in [1.807, 2.05) is 0 Å². The molecule has 17 heavy (non-hydrogen) atoms. The molecule has 0 spiro atoms. The van der Waals surface area contributed by atoms with Crippen LogP contribution in [-0.4, -0.2) is 24.9 Å². The Morgan fingerprint density at radius 2 is 1.94 bits per heavy atom. The Hall–Kier alpha value is -2.04. The first-order valence-corrected chi connectivity index (χ1v) is 5.10. The van der Waals surface area contributed by atoms with E-state index >= 15 is 0 Å². The van der Waals surface area contributed by atoms with Crippen molar-refractivity contribution in [1.82, 2.24) is 0 Å². The second-order valence-corrected chi connectivity index (χ2v) is 3.58. The molecule has 0 unspecified atom stereocenters. The Kier molecular flexibility index (Phi) is 4.09. The van der Waals surface area contributed by atoms with Gasteiger partial charge in [0.2, 0.25) is 0 Å². The SMILES string of the molecule is COc1cc(C(C)=O)ccc1O[C@@H](C)C(N)=O. The van der Waals surface area contributed by atoms with Gasteiger partial charge in [-0.3, -0.25) is 9.59 Å². The molecule has 0 aliphatic carbocycles. The zero-order chi connectivity index (χ0) is 13.0. The molecule has 1 aromatic carbocycles. The topological polar surface area (TPSA) is 78.6 Å². The molecule has 1 aromatic rings. The fraction of sp³-hybridized carbons (Fsp3) is 0.333. The Morgan fingerprint density at radius 3 is 2.41 bits per heavy atom. The van der Waals surface area contributed by atoms with Crippen LogP contribution in [0.15, 0.2) is 18.2 Å². The monoisotopic (exact) mass is 237 g/mol. The standard InChI is InChI=1S/C12H15NO4/c1-7(14)9-4-5-10(11(6-9)16-3)17-8(2)12(13)15/h4-6,8H,1-3H3,(H2,13,15)/t8-/m0/s1. The molecule has 0 fully saturated rings. The Bertz CT molecular complexity index is 442. The number of benzene rings is 1. The molecule has 5 nitrogen and oxygen atoms in total. The van der Waals surface area contributed by atoms with Crippen LogP contribution >= 0.6 is 0 Å². The number of carbonyl (C=O) groups is 2. The average molecular weight is 237 g/mol. The average Bonchev–Trinajstić information content (AvgIpc) is 2.28. The summed E-state index contributed by atoms with van der Waals surface area (Å²) >= 11 is 0. The molecule has 1 atom stereocenters. The van der Waals surface area contributed by atoms with Gasteiger partial charge in [0.25, 0.3) is 5.91 Å². The summed E-state index contributed by atoms with van der Waals surface area (Å²) in [5, 5.41) is 0. The molecule has 0 aromatic heterocycles. The van der Waals surface area contributed by atoms with Crippen LogP contribution in [0.4, 0.5) is 0 Å². The molecule has 0 aliphatic heterocycles. The third kappa shape index (κ3) is 3.21. The van der Waals surface area contributed by atoms with E-state index in [0.717, 1.165) is 0 Å². The lowest BCUT2D eigenvalue weighted by Crippen LogP contribution is -2.30. The zero-order valence-electron chi connectivity index (χ0n) is 10.0. The van der Waals surface area contributed by atoms with Crippen LogP contribution in [0, 0.1) is 0 Å². The number of ether oxygens (including phenoxy) is 2. The van der Waals surface area contributed by atoms with Gasteiger partial charge in [0.1, 0.15) is 0 Å². The van der Waals surface area contributed by atoms with Gasteiger partial charge in [0.15, 0.2) is 23.4 Å². The molecule has 0 bridgehead atoms. The molecule has 0 saturated carbocycles. The summed E-state index contributed by atoms with van der Waals surface area (Å²) in [5.41, 5.74) is 5.61. The number of hydrogen-bond donors (Lipinski definition) is 1. The molecular formula is C12H15NO4. The van der Waals surface area contributed by atoms with E-state index in [-0.39, 0.29) is 5.78 Å². The summed E-state index contributed by atoms with van der Waals surface area (Å²) in [6.07, 6.45) is -0.757. The van der Waals surface area contributed by atoms with Crippen molar-refractivity contribution in [3.05, 3.63) is 23.8 Å². The first-order valence-electron chi connectivity index (χ1n) is 5.10. The van der Waals surface area contributed by atoms with Gasteiger partial charge in [0.05, 0.1) is 7.11 Å². The number of Topliss-reactive ketones (excluding diaryl/α,β-unsaturated/α-hetero) is 1. The van der Waals surface area contributed by atoms with Gasteiger partial charge in [-0.25, -0.2) is 0 Å². The third-order valence-corrected chi connectivity index (χ3v) is 2.27. The van der Waals surface area contributed by atoms with Crippen LogP contribution < -0.4 is 15.2 Å². The lowest BCUT2D eigenvalue weighted by Gasteiger charge is -2.14. The Balaban J connectivity index is 3.00. The Morgan fingerprint density at radius 1 is 1.29 bits per heavy atom. The first kappa shape index (κ1) is 13.0. The second-order valence-electron chi connectivity index (χ2n) is 3.58. The van der Waals surface area contributed by atoms with Gasteiger partial charge in [-0.2, -0.15) is 0 Å². The van der Waals surface area contributed by atoms with Gasteiger partial charge in [0, 0.05) is 5.56 Å². The van der Waals surface area contributed by atoms with Crippen LogP contribution in [0.1, 0.15) is 24.2 Å². The van der Waals surface area contributed by atoms with Gasteiger partial charge < -0.3 is 15.2 Å². The fourth-order valence-corrected chi connectivity index (χ4v) is 1.23. The van der Waals surface area contributed by atoms with Crippen molar-refractivity contribution in [2.24, 2.45) is 5.73 Å². The van der Waals surface area contributed by atoms with Gasteiger partial charge in [-0.05, 0) is 32.0 Å². The molecule has 0 heterocycles. The number of ketones is 1. The molecule has 92 valence electrons. The van der Waals surface area contributed by atoms with E-state index in [0.29, 0.717) is 17.1 Å². The molecule has 1 amide bonds. The molecule has 2 N–H and O–H groups in total. The van der Waals surface area contributed by atoms with Crippen LogP contribution in [-0.2, 0) is 4.79 Å². The van der Waals surface area contributed by atoms with Crippen LogP contribution in [0.3, 0.4) is 0 Å². The van der Waals surface area contributed by atoms with E-state index in [2.05, 4.69) is 0 Å². The van der Waals surface area contributed by atoms with E-state index in [1.54, 1.807) is 25.1 Å². The van der Waals surface area contributed by atoms with Gasteiger partial charge in [-0.15, -0.1) is 0 Å². The van der Waals surface area contributed by atoms with Crippen LogP contribution in [0.2, 0.25) is 0 Å². The number of hydrogen-bond acceptors (Lipinski definition) is 4. The normalized spacial score (nSPS) is 11.7. The molecule has 5 heteroatoms. The minimum absolute atomic E-state index is 0.0715. The molecule has 0 aliphatic rings. The lowest BCUT2D eigenvalue weighted by molar-refractivity contribution is -0.124. The minimum Gasteiger partial charge on any atom is -0.493 e. The molecule has 1 rings (SSSR count). The lowest BCUT2D eigenvalue weighted by atomic mass is 10.1. The van der Waals surface area contributed by atoms with Crippen LogP contribution in [0.5, 0.6) is 11.5 Å². The number of amides is 1. The van der Waals surface area contributed by atoms with Crippen molar-refractivity contribution in [1.29, 1.82) is 0 Å². The van der Waals surface area contributed by atoms with E-state index in [4.69, 9.17) is 15.2 Å². The molecule has 0 radical (unpaired) electrons. The quantitative estimate of drug-likeness (QED) is 0.779. The highest BCUT2D eigenvalue weighted by Crippen LogP contribution is 2.29. The predicted octanol–water partition coefficient (Wildman–Crippen LogP) is 1.15. The highest BCUT2D eigenvalue weighted by atomic mass is 16.5. The predicted molar refractivity (Wildman–Crippen MR) is 62.3 cm³/mol. The first-order chi connectivity index (χ1) is 7.95. The van der Waals surface area contributed by atoms with Crippen molar-refractivity contribution in [2.45, 2.75) is 20.0 Å². The highest BCUT2D eigenvalue weighted by molar-refractivity contribution is 5.94. The maximum absolute atomic E-state index is 11.2. The number of carbonyl (C=O) groups excluding carboxylic acids is 2. The summed E-state index contributed by atoms with van der Waals surface area (Å²) in [4.78, 5) is 22.1. The minimum atomic E-state index is -0.757. The fourth-order valence-electron chi connectivity index (χ4n) is 1.23. The van der Waals surface area contributed by atoms with Crippen molar-refractivity contribution in [2.75, 3.05) is 7.11 Å². The number of methoxy groups -OCH3 is 1. The van der Waals surface area contributed by atoms with E-state index in [9.17, 15) is 9.59 Å². The molecule has 0 saturated heterocycles. The maximum Gasteiger partial charge on any atom is 0.258 e.